The number of nitrogens with zero attached hydrogens (tertiary/aromatic N) is 2. The maximum Gasteiger partial charge on any atom is 0.292 e. The summed E-state index contributed by atoms with van der Waals surface area (Å²) in [6.45, 7) is 2.69. The molecule has 0 radical (unpaired) electrons. The van der Waals surface area contributed by atoms with Crippen molar-refractivity contribution in [2.75, 3.05) is 12.3 Å². The number of rotatable bonds is 2. The molecule has 3 rings (SSSR count). The van der Waals surface area contributed by atoms with Gasteiger partial charge in [-0.1, -0.05) is 28.1 Å². The number of benzene rings is 1. The second kappa shape index (κ2) is 4.74. The molecule has 0 unspecified atom stereocenters. The molecular weight excluding hydrogens is 294 g/mol. The topological polar surface area (TPSA) is 55.3 Å². The highest BCUT2D eigenvalue weighted by molar-refractivity contribution is 9.10. The van der Waals surface area contributed by atoms with E-state index in [0.29, 0.717) is 0 Å². The van der Waals surface area contributed by atoms with Crippen molar-refractivity contribution in [1.29, 1.82) is 0 Å². The fourth-order valence-electron chi connectivity index (χ4n) is 2.30. The average Bonchev–Trinajstić information content (AvgIpc) is 2.68. The first-order valence-electron chi connectivity index (χ1n) is 5.91. The van der Waals surface area contributed by atoms with Crippen molar-refractivity contribution >= 4 is 21.9 Å². The van der Waals surface area contributed by atoms with E-state index in [0.717, 1.165) is 42.0 Å². The molecule has 1 aromatic heterocycles. The van der Waals surface area contributed by atoms with Crippen molar-refractivity contribution < 1.29 is 4.42 Å². The number of hydrogen-bond donors (Lipinski definition) is 1. The Morgan fingerprint density at radius 2 is 2.33 bits per heavy atom. The van der Waals surface area contributed by atoms with Crippen molar-refractivity contribution in [2.24, 2.45) is 0 Å². The first-order chi connectivity index (χ1) is 8.70. The first kappa shape index (κ1) is 11.7. The molecule has 0 aliphatic carbocycles. The van der Waals surface area contributed by atoms with Crippen LogP contribution in [0.2, 0.25) is 0 Å². The molecule has 0 fully saturated rings. The van der Waals surface area contributed by atoms with Crippen LogP contribution < -0.4 is 5.73 Å². The van der Waals surface area contributed by atoms with E-state index >= 15 is 0 Å². The Labute approximate surface area is 114 Å². The summed E-state index contributed by atoms with van der Waals surface area (Å²) in [5.41, 5.74) is 7.88. The summed E-state index contributed by atoms with van der Waals surface area (Å²) in [5, 5.41) is 0. The first-order valence-corrected chi connectivity index (χ1v) is 6.71. The van der Waals surface area contributed by atoms with Crippen molar-refractivity contribution in [3.05, 3.63) is 45.8 Å². The average molecular weight is 308 g/mol. The van der Waals surface area contributed by atoms with E-state index in [9.17, 15) is 0 Å². The zero-order valence-electron chi connectivity index (χ0n) is 9.90. The highest BCUT2D eigenvalue weighted by atomic mass is 79.9. The van der Waals surface area contributed by atoms with Crippen LogP contribution in [0.4, 0.5) is 6.01 Å². The minimum atomic E-state index is 0.282. The Morgan fingerprint density at radius 1 is 1.44 bits per heavy atom. The molecule has 0 amide bonds. The van der Waals surface area contributed by atoms with E-state index < -0.39 is 0 Å². The number of oxazole rings is 1. The van der Waals surface area contributed by atoms with Gasteiger partial charge in [0.2, 0.25) is 0 Å². The summed E-state index contributed by atoms with van der Waals surface area (Å²) in [7, 11) is 0. The van der Waals surface area contributed by atoms with Gasteiger partial charge in [-0.05, 0) is 17.7 Å². The lowest BCUT2D eigenvalue weighted by atomic mass is 10.1. The van der Waals surface area contributed by atoms with Crippen molar-refractivity contribution in [2.45, 2.75) is 19.5 Å². The number of hydrogen-bond acceptors (Lipinski definition) is 4. The summed E-state index contributed by atoms with van der Waals surface area (Å²) in [4.78, 5) is 6.53. The maximum absolute atomic E-state index is 5.57. The lowest BCUT2D eigenvalue weighted by Gasteiger charge is -2.24. The minimum Gasteiger partial charge on any atom is -0.427 e. The molecule has 0 saturated heterocycles. The Bertz CT molecular complexity index is 567. The molecule has 0 bridgehead atoms. The monoisotopic (exact) mass is 307 g/mol. The van der Waals surface area contributed by atoms with Crippen LogP contribution in [-0.2, 0) is 19.5 Å². The van der Waals surface area contributed by atoms with Gasteiger partial charge in [0, 0.05) is 24.0 Å². The number of fused-ring (bicyclic) bond motifs is 1. The maximum atomic E-state index is 5.57. The number of aromatic nitrogens is 1. The second-order valence-corrected chi connectivity index (χ2v) is 5.43. The SMILES string of the molecule is Nc1nc2c(o1)CN(Cc1cccc(Br)c1)CC2. The van der Waals surface area contributed by atoms with Gasteiger partial charge in [0.1, 0.15) is 5.76 Å². The van der Waals surface area contributed by atoms with Crippen LogP contribution in [-0.4, -0.2) is 16.4 Å². The summed E-state index contributed by atoms with van der Waals surface area (Å²) < 4.78 is 6.53. The van der Waals surface area contributed by atoms with Gasteiger partial charge in [-0.15, -0.1) is 0 Å². The number of anilines is 1. The van der Waals surface area contributed by atoms with E-state index in [1.807, 2.05) is 6.07 Å². The quantitative estimate of drug-likeness (QED) is 0.926. The lowest BCUT2D eigenvalue weighted by molar-refractivity contribution is 0.222. The van der Waals surface area contributed by atoms with Crippen molar-refractivity contribution in [3.8, 4) is 0 Å². The molecule has 18 heavy (non-hydrogen) atoms. The van der Waals surface area contributed by atoms with Gasteiger partial charge < -0.3 is 10.2 Å². The normalized spacial score (nSPS) is 15.6. The standard InChI is InChI=1S/C13H14BrN3O/c14-10-3-1-2-9(6-10)7-17-5-4-11-12(8-17)18-13(15)16-11/h1-3,6H,4-5,7-8H2,(H2,15,16). The third-order valence-electron chi connectivity index (χ3n) is 3.12. The smallest absolute Gasteiger partial charge is 0.292 e. The van der Waals surface area contributed by atoms with Crippen molar-refractivity contribution in [1.82, 2.24) is 9.88 Å². The predicted octanol–water partition coefficient (Wildman–Crippen LogP) is 2.58. The molecule has 5 heteroatoms. The molecule has 4 nitrogen and oxygen atoms in total. The van der Waals surface area contributed by atoms with Gasteiger partial charge in [0.05, 0.1) is 12.2 Å². The Morgan fingerprint density at radius 3 is 3.17 bits per heavy atom. The van der Waals surface area contributed by atoms with Crippen LogP contribution in [0, 0.1) is 0 Å². The van der Waals surface area contributed by atoms with E-state index in [1.54, 1.807) is 0 Å². The number of nitrogens with two attached hydrogens (primary N) is 1. The fraction of sp³-hybridized carbons (Fsp3) is 0.308. The Balaban J connectivity index is 1.73. The van der Waals surface area contributed by atoms with Crippen LogP contribution in [0.25, 0.3) is 0 Å². The van der Waals surface area contributed by atoms with Crippen LogP contribution in [0.5, 0.6) is 0 Å². The molecule has 1 aliphatic rings. The van der Waals surface area contributed by atoms with Crippen LogP contribution in [0.15, 0.2) is 33.2 Å². The molecular formula is C13H14BrN3O. The Hall–Kier alpha value is -1.33. The van der Waals surface area contributed by atoms with E-state index in [1.165, 1.54) is 5.56 Å². The van der Waals surface area contributed by atoms with Gasteiger partial charge in [0.15, 0.2) is 0 Å². The summed E-state index contributed by atoms with van der Waals surface area (Å²) >= 11 is 3.49. The zero-order chi connectivity index (χ0) is 12.5. The van der Waals surface area contributed by atoms with Gasteiger partial charge in [-0.2, -0.15) is 4.98 Å². The molecule has 0 spiro atoms. The highest BCUT2D eigenvalue weighted by Crippen LogP contribution is 2.22. The van der Waals surface area contributed by atoms with E-state index in [4.69, 9.17) is 10.2 Å². The summed E-state index contributed by atoms with van der Waals surface area (Å²) in [6, 6.07) is 8.65. The molecule has 1 aromatic carbocycles. The molecule has 2 heterocycles. The van der Waals surface area contributed by atoms with E-state index in [2.05, 4.69) is 44.0 Å². The van der Waals surface area contributed by atoms with Crippen LogP contribution in [0.3, 0.4) is 0 Å². The van der Waals surface area contributed by atoms with Crippen molar-refractivity contribution in [3.63, 3.8) is 0 Å². The summed E-state index contributed by atoms with van der Waals surface area (Å²) in [5.74, 6) is 0.911. The third kappa shape index (κ3) is 2.42. The molecule has 2 aromatic rings. The number of halogens is 1. The Kier molecular flexibility index (Phi) is 3.09. The van der Waals surface area contributed by atoms with Crippen LogP contribution >= 0.6 is 15.9 Å². The fourth-order valence-corrected chi connectivity index (χ4v) is 2.74. The van der Waals surface area contributed by atoms with Crippen LogP contribution in [0.1, 0.15) is 17.0 Å². The number of nitrogen functional groups attached to an aromatic ring is 1. The third-order valence-corrected chi connectivity index (χ3v) is 3.62. The molecule has 0 atom stereocenters. The minimum absolute atomic E-state index is 0.282. The molecule has 1 aliphatic heterocycles. The van der Waals surface area contributed by atoms with Gasteiger partial charge in [0.25, 0.3) is 6.01 Å². The molecule has 2 N–H and O–H groups in total. The largest absolute Gasteiger partial charge is 0.427 e. The highest BCUT2D eigenvalue weighted by Gasteiger charge is 2.21. The zero-order valence-corrected chi connectivity index (χ0v) is 11.5. The predicted molar refractivity (Wildman–Crippen MR) is 72.9 cm³/mol. The van der Waals surface area contributed by atoms with E-state index in [-0.39, 0.29) is 6.01 Å². The molecule has 94 valence electrons. The van der Waals surface area contributed by atoms with Gasteiger partial charge in [-0.25, -0.2) is 0 Å². The van der Waals surface area contributed by atoms with Gasteiger partial charge >= 0.3 is 0 Å². The van der Waals surface area contributed by atoms with Gasteiger partial charge in [-0.3, -0.25) is 4.90 Å². The summed E-state index contributed by atoms with van der Waals surface area (Å²) in [6.07, 6.45) is 0.907. The second-order valence-electron chi connectivity index (χ2n) is 4.51. The lowest BCUT2D eigenvalue weighted by Crippen LogP contribution is -2.29. The molecule has 0 saturated carbocycles.